The molecule has 1 aromatic carbocycles. The molecule has 2 atom stereocenters. The summed E-state index contributed by atoms with van der Waals surface area (Å²) in [6, 6.07) is 8.47. The Labute approximate surface area is 141 Å². The van der Waals surface area contributed by atoms with E-state index >= 15 is 0 Å². The lowest BCUT2D eigenvalue weighted by atomic mass is 10.00. The summed E-state index contributed by atoms with van der Waals surface area (Å²) in [6.07, 6.45) is 1.03. The number of ether oxygens (including phenoxy) is 1. The minimum Gasteiger partial charge on any atom is -0.468 e. The van der Waals surface area contributed by atoms with E-state index in [9.17, 15) is 9.59 Å². The number of quaternary nitrogens is 1. The summed E-state index contributed by atoms with van der Waals surface area (Å²) in [6.45, 7) is 3.60. The van der Waals surface area contributed by atoms with Crippen molar-refractivity contribution in [3.05, 3.63) is 35.4 Å². The van der Waals surface area contributed by atoms with Gasteiger partial charge in [0.05, 0.1) is 13.7 Å². The molecule has 0 aromatic heterocycles. The first kappa shape index (κ1) is 16.3. The number of methoxy groups -OCH3 is 1. The minimum atomic E-state index is -0.241. The number of hydrogen-bond acceptors (Lipinski definition) is 4. The molecule has 5 nitrogen and oxygen atoms in total. The van der Waals surface area contributed by atoms with Crippen molar-refractivity contribution in [2.45, 2.75) is 18.2 Å². The normalized spacial score (nSPS) is 24.0. The van der Waals surface area contributed by atoms with E-state index in [0.717, 1.165) is 31.8 Å². The molecule has 1 amide bonds. The van der Waals surface area contributed by atoms with Gasteiger partial charge in [-0.3, -0.25) is 9.59 Å². The third kappa shape index (κ3) is 3.87. The van der Waals surface area contributed by atoms with Crippen LogP contribution in [0.5, 0.6) is 0 Å². The molecular formula is C17H23N2O3S+. The van der Waals surface area contributed by atoms with Gasteiger partial charge in [0, 0.05) is 30.8 Å². The van der Waals surface area contributed by atoms with Crippen LogP contribution in [-0.2, 0) is 27.3 Å². The Balaban J connectivity index is 1.56. The fourth-order valence-electron chi connectivity index (χ4n) is 3.27. The highest BCUT2D eigenvalue weighted by Crippen LogP contribution is 2.19. The number of nitrogens with zero attached hydrogens (tertiary/aromatic N) is 1. The molecule has 1 unspecified atom stereocenters. The quantitative estimate of drug-likeness (QED) is 0.774. The fourth-order valence-corrected chi connectivity index (χ4v) is 4.40. The molecule has 1 saturated heterocycles. The molecule has 1 N–H and O–H groups in total. The smallest absolute Gasteiger partial charge is 0.320 e. The van der Waals surface area contributed by atoms with E-state index in [1.54, 1.807) is 11.8 Å². The SMILES string of the molecule is COC(=O)[C@@H]1CN(C(=O)C[NH+]2CCc3ccccc3C2)CCS1. The monoisotopic (exact) mass is 335 g/mol. The van der Waals surface area contributed by atoms with Crippen LogP contribution in [0.4, 0.5) is 0 Å². The first-order chi connectivity index (χ1) is 11.2. The number of carbonyl (C=O) groups is 2. The maximum absolute atomic E-state index is 12.6. The predicted molar refractivity (Wildman–Crippen MR) is 89.4 cm³/mol. The van der Waals surface area contributed by atoms with Crippen LogP contribution in [0.1, 0.15) is 11.1 Å². The summed E-state index contributed by atoms with van der Waals surface area (Å²) in [5.41, 5.74) is 2.76. The molecule has 2 heterocycles. The van der Waals surface area contributed by atoms with Gasteiger partial charge in [0.1, 0.15) is 11.8 Å². The number of hydrogen-bond donors (Lipinski definition) is 1. The van der Waals surface area contributed by atoms with E-state index in [1.807, 2.05) is 4.90 Å². The lowest BCUT2D eigenvalue weighted by Crippen LogP contribution is -3.12. The zero-order valence-corrected chi connectivity index (χ0v) is 14.2. The molecule has 1 fully saturated rings. The van der Waals surface area contributed by atoms with Crippen molar-refractivity contribution in [3.8, 4) is 0 Å². The van der Waals surface area contributed by atoms with Crippen LogP contribution < -0.4 is 4.90 Å². The Bertz CT molecular complexity index is 593. The zero-order chi connectivity index (χ0) is 16.2. The lowest BCUT2D eigenvalue weighted by molar-refractivity contribution is -0.908. The summed E-state index contributed by atoms with van der Waals surface area (Å²) in [7, 11) is 1.40. The van der Waals surface area contributed by atoms with Crippen LogP contribution in [0.2, 0.25) is 0 Å². The van der Waals surface area contributed by atoms with E-state index in [1.165, 1.54) is 23.1 Å². The number of amides is 1. The van der Waals surface area contributed by atoms with E-state index in [4.69, 9.17) is 4.74 Å². The standard InChI is InChI=1S/C17H22N2O3S/c1-22-17(21)15-11-19(8-9-23-15)16(20)12-18-7-6-13-4-2-3-5-14(13)10-18/h2-5,15H,6-12H2,1H3/p+1/t15-/m0/s1. The second kappa shape index (κ2) is 7.36. The average molecular weight is 335 g/mol. The van der Waals surface area contributed by atoms with Crippen LogP contribution in [0, 0.1) is 0 Å². The van der Waals surface area contributed by atoms with Gasteiger partial charge in [-0.05, 0) is 5.56 Å². The van der Waals surface area contributed by atoms with Crippen molar-refractivity contribution >= 4 is 23.6 Å². The topological polar surface area (TPSA) is 51.0 Å². The third-order valence-electron chi connectivity index (χ3n) is 4.59. The molecule has 23 heavy (non-hydrogen) atoms. The second-order valence-corrected chi connectivity index (χ2v) is 7.41. The van der Waals surface area contributed by atoms with Gasteiger partial charge in [-0.15, -0.1) is 11.8 Å². The molecule has 2 aliphatic heterocycles. The van der Waals surface area contributed by atoms with Crippen LogP contribution >= 0.6 is 11.8 Å². The Morgan fingerprint density at radius 3 is 2.91 bits per heavy atom. The first-order valence-electron chi connectivity index (χ1n) is 8.05. The molecule has 0 spiro atoms. The maximum Gasteiger partial charge on any atom is 0.320 e. The van der Waals surface area contributed by atoms with Crippen LogP contribution in [0.3, 0.4) is 0 Å². The van der Waals surface area contributed by atoms with Crippen molar-refractivity contribution in [2.75, 3.05) is 39.0 Å². The number of benzene rings is 1. The van der Waals surface area contributed by atoms with Crippen LogP contribution in [-0.4, -0.2) is 61.1 Å². The highest BCUT2D eigenvalue weighted by molar-refractivity contribution is 8.00. The molecule has 0 bridgehead atoms. The van der Waals surface area contributed by atoms with Crippen LogP contribution in [0.15, 0.2) is 24.3 Å². The minimum absolute atomic E-state index is 0.147. The number of fused-ring (bicyclic) bond motifs is 1. The van der Waals surface area contributed by atoms with Gasteiger partial charge in [0.2, 0.25) is 0 Å². The Morgan fingerprint density at radius 1 is 1.35 bits per heavy atom. The van der Waals surface area contributed by atoms with E-state index in [2.05, 4.69) is 24.3 Å². The van der Waals surface area contributed by atoms with Crippen molar-refractivity contribution in [3.63, 3.8) is 0 Å². The summed E-state index contributed by atoms with van der Waals surface area (Å²) in [5, 5.41) is -0.241. The summed E-state index contributed by atoms with van der Waals surface area (Å²) in [4.78, 5) is 27.4. The summed E-state index contributed by atoms with van der Waals surface area (Å²) < 4.78 is 4.80. The Hall–Kier alpha value is -1.53. The number of rotatable bonds is 3. The molecule has 1 aromatic rings. The van der Waals surface area contributed by atoms with Gasteiger partial charge in [-0.2, -0.15) is 0 Å². The average Bonchev–Trinajstić information content (AvgIpc) is 2.61. The van der Waals surface area contributed by atoms with E-state index < -0.39 is 0 Å². The van der Waals surface area contributed by atoms with Crippen molar-refractivity contribution < 1.29 is 19.2 Å². The van der Waals surface area contributed by atoms with Gasteiger partial charge >= 0.3 is 5.97 Å². The Kier molecular flexibility index (Phi) is 5.23. The molecular weight excluding hydrogens is 312 g/mol. The lowest BCUT2D eigenvalue weighted by Gasteiger charge is -2.32. The van der Waals surface area contributed by atoms with Gasteiger partial charge in [0.15, 0.2) is 6.54 Å². The van der Waals surface area contributed by atoms with Crippen molar-refractivity contribution in [1.29, 1.82) is 0 Å². The summed E-state index contributed by atoms with van der Waals surface area (Å²) >= 11 is 1.58. The van der Waals surface area contributed by atoms with E-state index in [0.29, 0.717) is 13.1 Å². The predicted octanol–water partition coefficient (Wildman–Crippen LogP) is -0.255. The highest BCUT2D eigenvalue weighted by atomic mass is 32.2. The maximum atomic E-state index is 12.6. The molecule has 2 aliphatic rings. The fraction of sp³-hybridized carbons (Fsp3) is 0.529. The molecule has 124 valence electrons. The molecule has 0 saturated carbocycles. The first-order valence-corrected chi connectivity index (χ1v) is 9.10. The Morgan fingerprint density at radius 2 is 2.13 bits per heavy atom. The molecule has 6 heteroatoms. The van der Waals surface area contributed by atoms with Gasteiger partial charge in [-0.25, -0.2) is 0 Å². The second-order valence-electron chi connectivity index (χ2n) is 6.09. The molecule has 0 aliphatic carbocycles. The van der Waals surface area contributed by atoms with Crippen molar-refractivity contribution in [1.82, 2.24) is 4.90 Å². The summed E-state index contributed by atoms with van der Waals surface area (Å²) in [5.74, 6) is 0.712. The van der Waals surface area contributed by atoms with E-state index in [-0.39, 0.29) is 17.1 Å². The third-order valence-corrected chi connectivity index (χ3v) is 5.75. The van der Waals surface area contributed by atoms with Gasteiger partial charge in [-0.1, -0.05) is 24.3 Å². The van der Waals surface area contributed by atoms with Gasteiger partial charge in [0.25, 0.3) is 5.91 Å². The highest BCUT2D eigenvalue weighted by Gasteiger charge is 2.31. The number of thioether (sulfide) groups is 1. The zero-order valence-electron chi connectivity index (χ0n) is 13.4. The number of carbonyl (C=O) groups excluding carboxylic acids is 2. The number of nitrogens with one attached hydrogen (secondary N) is 1. The van der Waals surface area contributed by atoms with Crippen molar-refractivity contribution in [2.24, 2.45) is 0 Å². The number of esters is 1. The molecule has 0 radical (unpaired) electrons. The van der Waals surface area contributed by atoms with Crippen LogP contribution in [0.25, 0.3) is 0 Å². The molecule has 3 rings (SSSR count). The largest absolute Gasteiger partial charge is 0.468 e. The van der Waals surface area contributed by atoms with Gasteiger partial charge < -0.3 is 14.5 Å².